The molecule has 3 nitrogen and oxygen atoms in total. The number of nitrogens with one attached hydrogen (secondary N) is 1. The summed E-state index contributed by atoms with van der Waals surface area (Å²) >= 11 is 0. The molecule has 2 N–H and O–H groups in total. The first-order chi connectivity index (χ1) is 12.1. The Bertz CT molecular complexity index is 579. The number of fused-ring (bicyclic) bond motifs is 2. The summed E-state index contributed by atoms with van der Waals surface area (Å²) < 4.78 is 6.12. The normalized spacial score (nSPS) is 31.7. The molecule has 3 aliphatic rings. The molecule has 1 saturated heterocycles. The van der Waals surface area contributed by atoms with Crippen LogP contribution in [0.1, 0.15) is 57.4 Å². The van der Waals surface area contributed by atoms with E-state index < -0.39 is 0 Å². The van der Waals surface area contributed by atoms with Crippen molar-refractivity contribution >= 4 is 0 Å². The monoisotopic (exact) mass is 343 g/mol. The van der Waals surface area contributed by atoms with Gasteiger partial charge < -0.3 is 15.2 Å². The van der Waals surface area contributed by atoms with Crippen molar-refractivity contribution in [2.24, 2.45) is 16.7 Å². The van der Waals surface area contributed by atoms with Gasteiger partial charge >= 0.3 is 0 Å². The van der Waals surface area contributed by atoms with Gasteiger partial charge in [0, 0.05) is 43.1 Å². The van der Waals surface area contributed by atoms with Gasteiger partial charge in [0.05, 0.1) is 6.10 Å². The van der Waals surface area contributed by atoms with Crippen LogP contribution in [-0.4, -0.2) is 37.0 Å². The summed E-state index contributed by atoms with van der Waals surface area (Å²) in [4.78, 5) is 0. The van der Waals surface area contributed by atoms with Gasteiger partial charge in [0.2, 0.25) is 0 Å². The summed E-state index contributed by atoms with van der Waals surface area (Å²) in [6, 6.07) is 11.3. The quantitative estimate of drug-likeness (QED) is 0.827. The van der Waals surface area contributed by atoms with Crippen molar-refractivity contribution < 1.29 is 9.84 Å². The highest BCUT2D eigenvalue weighted by Gasteiger charge is 2.64. The van der Waals surface area contributed by atoms with Crippen LogP contribution in [0, 0.1) is 16.7 Å². The van der Waals surface area contributed by atoms with E-state index >= 15 is 0 Å². The molecule has 0 aromatic heterocycles. The molecule has 0 radical (unpaired) electrons. The second kappa shape index (κ2) is 6.68. The van der Waals surface area contributed by atoms with Crippen LogP contribution in [0.5, 0.6) is 0 Å². The molecule has 25 heavy (non-hydrogen) atoms. The third kappa shape index (κ3) is 2.85. The van der Waals surface area contributed by atoms with E-state index in [0.717, 1.165) is 13.2 Å². The average Bonchev–Trinajstić information content (AvgIpc) is 3.28. The number of aliphatic hydroxyl groups excluding tert-OH is 1. The molecular weight excluding hydrogens is 310 g/mol. The van der Waals surface area contributed by atoms with Crippen molar-refractivity contribution in [3.63, 3.8) is 0 Å². The first-order valence-electron chi connectivity index (χ1n) is 10.1. The third-order valence-corrected chi connectivity index (χ3v) is 7.38. The van der Waals surface area contributed by atoms with E-state index in [2.05, 4.69) is 49.5 Å². The Balaban J connectivity index is 1.51. The Kier molecular flexibility index (Phi) is 4.68. The molecule has 3 heteroatoms. The van der Waals surface area contributed by atoms with Gasteiger partial charge in [-0.3, -0.25) is 0 Å². The zero-order valence-corrected chi connectivity index (χ0v) is 15.7. The summed E-state index contributed by atoms with van der Waals surface area (Å²) in [6.07, 6.45) is 7.08. The molecule has 1 spiro atoms. The fourth-order valence-electron chi connectivity index (χ4n) is 5.89. The molecule has 0 bridgehead atoms. The second-order valence-electron chi connectivity index (χ2n) is 9.18. The summed E-state index contributed by atoms with van der Waals surface area (Å²) in [5, 5.41) is 13.9. The van der Waals surface area contributed by atoms with Gasteiger partial charge in [0.15, 0.2) is 0 Å². The lowest BCUT2D eigenvalue weighted by molar-refractivity contribution is -0.131. The van der Waals surface area contributed by atoms with E-state index in [1.807, 2.05) is 0 Å². The lowest BCUT2D eigenvalue weighted by Gasteiger charge is -2.57. The smallest absolute Gasteiger partial charge is 0.0690 e. The van der Waals surface area contributed by atoms with Gasteiger partial charge in [-0.2, -0.15) is 0 Å². The fourth-order valence-corrected chi connectivity index (χ4v) is 5.89. The highest BCUT2D eigenvalue weighted by Crippen LogP contribution is 2.60. The van der Waals surface area contributed by atoms with Crippen molar-refractivity contribution in [1.29, 1.82) is 0 Å². The maximum atomic E-state index is 9.97. The van der Waals surface area contributed by atoms with Crippen LogP contribution in [-0.2, 0) is 4.74 Å². The van der Waals surface area contributed by atoms with Crippen molar-refractivity contribution in [2.75, 3.05) is 19.8 Å². The largest absolute Gasteiger partial charge is 0.396 e. The molecule has 1 aliphatic heterocycles. The summed E-state index contributed by atoms with van der Waals surface area (Å²) in [5.41, 5.74) is 1.59. The van der Waals surface area contributed by atoms with E-state index in [-0.39, 0.29) is 12.0 Å². The standard InChI is InChI=1S/C22H33NO2/c1-21(2,15-24)18(16-8-4-3-5-9-16)14-23-19-17-10-13-25-20(17)22(19)11-6-7-12-22/h3-5,8-9,17-20,23-24H,6-7,10-15H2,1-2H3. The molecular formula is C22H33NO2. The van der Waals surface area contributed by atoms with Gasteiger partial charge in [0.25, 0.3) is 0 Å². The maximum absolute atomic E-state index is 9.97. The molecule has 0 amide bonds. The number of benzene rings is 1. The van der Waals surface area contributed by atoms with Gasteiger partial charge in [0.1, 0.15) is 0 Å². The van der Waals surface area contributed by atoms with E-state index in [1.165, 1.54) is 37.7 Å². The van der Waals surface area contributed by atoms with Crippen LogP contribution in [0.15, 0.2) is 30.3 Å². The van der Waals surface area contributed by atoms with Crippen LogP contribution in [0.2, 0.25) is 0 Å². The Hall–Kier alpha value is -0.900. The number of ether oxygens (including phenoxy) is 1. The summed E-state index contributed by atoms with van der Waals surface area (Å²) in [6.45, 7) is 6.45. The maximum Gasteiger partial charge on any atom is 0.0690 e. The zero-order chi connectivity index (χ0) is 17.5. The van der Waals surface area contributed by atoms with Crippen LogP contribution in [0.3, 0.4) is 0 Å². The SMILES string of the molecule is CC(C)(CO)C(CNC1C2CCOC2C12CCCC2)c1ccccc1. The molecule has 1 heterocycles. The number of hydrogen-bond acceptors (Lipinski definition) is 3. The Labute approximate surface area is 152 Å². The fraction of sp³-hybridized carbons (Fsp3) is 0.727. The van der Waals surface area contributed by atoms with Gasteiger partial charge in [-0.25, -0.2) is 0 Å². The van der Waals surface area contributed by atoms with Crippen molar-refractivity contribution in [1.82, 2.24) is 5.32 Å². The molecule has 4 unspecified atom stereocenters. The highest BCUT2D eigenvalue weighted by atomic mass is 16.5. The average molecular weight is 344 g/mol. The molecule has 3 fully saturated rings. The molecule has 4 atom stereocenters. The second-order valence-corrected chi connectivity index (χ2v) is 9.18. The molecule has 2 aliphatic carbocycles. The molecule has 2 saturated carbocycles. The Morgan fingerprint density at radius 1 is 1.24 bits per heavy atom. The van der Waals surface area contributed by atoms with Crippen molar-refractivity contribution in [2.45, 2.75) is 64.0 Å². The van der Waals surface area contributed by atoms with Gasteiger partial charge in [-0.05, 0) is 30.2 Å². The third-order valence-electron chi connectivity index (χ3n) is 7.38. The highest BCUT2D eigenvalue weighted by molar-refractivity contribution is 5.23. The first-order valence-corrected chi connectivity index (χ1v) is 10.1. The summed E-state index contributed by atoms with van der Waals surface area (Å²) in [5.74, 6) is 1.02. The van der Waals surface area contributed by atoms with Crippen LogP contribution < -0.4 is 5.32 Å². The molecule has 4 rings (SSSR count). The van der Waals surface area contributed by atoms with Crippen molar-refractivity contribution in [3.8, 4) is 0 Å². The summed E-state index contributed by atoms with van der Waals surface area (Å²) in [7, 11) is 0. The Morgan fingerprint density at radius 3 is 2.64 bits per heavy atom. The Morgan fingerprint density at radius 2 is 1.96 bits per heavy atom. The predicted octanol–water partition coefficient (Wildman–Crippen LogP) is 3.73. The molecule has 1 aromatic carbocycles. The first kappa shape index (κ1) is 17.5. The van der Waals surface area contributed by atoms with Crippen molar-refractivity contribution in [3.05, 3.63) is 35.9 Å². The van der Waals surface area contributed by atoms with Crippen LogP contribution in [0.4, 0.5) is 0 Å². The van der Waals surface area contributed by atoms with E-state index in [0.29, 0.717) is 29.4 Å². The van der Waals surface area contributed by atoms with Crippen LogP contribution >= 0.6 is 0 Å². The van der Waals surface area contributed by atoms with Crippen LogP contribution in [0.25, 0.3) is 0 Å². The predicted molar refractivity (Wildman–Crippen MR) is 101 cm³/mol. The minimum absolute atomic E-state index is 0.132. The lowest BCUT2D eigenvalue weighted by atomic mass is 9.54. The van der Waals surface area contributed by atoms with E-state index in [9.17, 15) is 5.11 Å². The number of rotatable bonds is 6. The van der Waals surface area contributed by atoms with Gasteiger partial charge in [-0.15, -0.1) is 0 Å². The van der Waals surface area contributed by atoms with E-state index in [4.69, 9.17) is 4.74 Å². The minimum atomic E-state index is -0.132. The lowest BCUT2D eigenvalue weighted by Crippen LogP contribution is -2.67. The zero-order valence-electron chi connectivity index (χ0n) is 15.7. The molecule has 138 valence electrons. The minimum Gasteiger partial charge on any atom is -0.396 e. The number of hydrogen-bond donors (Lipinski definition) is 2. The number of aliphatic hydroxyl groups is 1. The topological polar surface area (TPSA) is 41.5 Å². The van der Waals surface area contributed by atoms with E-state index in [1.54, 1.807) is 0 Å². The molecule has 1 aromatic rings. The van der Waals surface area contributed by atoms with Gasteiger partial charge in [-0.1, -0.05) is 57.0 Å².